The summed E-state index contributed by atoms with van der Waals surface area (Å²) in [5, 5.41) is 4.61. The van der Waals surface area contributed by atoms with E-state index in [0.717, 1.165) is 22.9 Å². The molecule has 0 saturated heterocycles. The van der Waals surface area contributed by atoms with Crippen LogP contribution in [-0.4, -0.2) is 15.9 Å². The van der Waals surface area contributed by atoms with Gasteiger partial charge in [0, 0.05) is 52.9 Å². The summed E-state index contributed by atoms with van der Waals surface area (Å²) in [6.45, 7) is 0. The van der Waals surface area contributed by atoms with Crippen molar-refractivity contribution >= 4 is 27.9 Å². The summed E-state index contributed by atoms with van der Waals surface area (Å²) >= 11 is 0. The minimum atomic E-state index is -4.41. The average Bonchev–Trinajstić information content (AvgIpc) is 2.82. The van der Waals surface area contributed by atoms with E-state index in [9.17, 15) is 18.0 Å². The van der Waals surface area contributed by atoms with Crippen LogP contribution in [0.15, 0.2) is 104 Å². The van der Waals surface area contributed by atoms with E-state index in [1.807, 2.05) is 18.2 Å². The molecule has 0 atom stereocenters. The molecule has 7 heteroatoms. The molecule has 0 aliphatic rings. The van der Waals surface area contributed by atoms with Gasteiger partial charge >= 0.3 is 6.18 Å². The normalized spacial score (nSPS) is 12.3. The second-order valence-electron chi connectivity index (χ2n) is 7.15. The molecular weight excluding hydrogens is 427 g/mol. The Balaban J connectivity index is 1.59. The van der Waals surface area contributed by atoms with Crippen LogP contribution in [0.25, 0.3) is 16.3 Å². The van der Waals surface area contributed by atoms with Gasteiger partial charge in [0.25, 0.3) is 0 Å². The Bertz CT molecular complexity index is 1320. The molecule has 0 spiro atoms. The highest BCUT2D eigenvalue weighted by Gasteiger charge is 2.30. The summed E-state index contributed by atoms with van der Waals surface area (Å²) in [4.78, 5) is 20.6. The smallest absolute Gasteiger partial charge is 0.322 e. The maximum absolute atomic E-state index is 12.9. The fourth-order valence-corrected chi connectivity index (χ4v) is 3.36. The molecule has 2 aromatic heterocycles. The molecule has 4 nitrogen and oxygen atoms in total. The van der Waals surface area contributed by atoms with Crippen molar-refractivity contribution in [2.24, 2.45) is 0 Å². The number of amides is 1. The molecule has 1 amide bonds. The van der Waals surface area contributed by atoms with Gasteiger partial charge in [-0.05, 0) is 41.5 Å². The third kappa shape index (κ3) is 5.33. The highest BCUT2D eigenvalue weighted by molar-refractivity contribution is 6.06. The van der Waals surface area contributed by atoms with Gasteiger partial charge in [-0.25, -0.2) is 0 Å². The lowest BCUT2D eigenvalue weighted by molar-refractivity contribution is -0.137. The molecule has 0 aliphatic heterocycles. The number of hydrogen-bond donors (Lipinski definition) is 1. The molecule has 33 heavy (non-hydrogen) atoms. The number of nitrogens with zero attached hydrogens (tertiary/aromatic N) is 2. The maximum atomic E-state index is 12.9. The van der Waals surface area contributed by atoms with E-state index in [0.29, 0.717) is 22.4 Å². The van der Waals surface area contributed by atoms with Crippen molar-refractivity contribution in [2.45, 2.75) is 6.18 Å². The van der Waals surface area contributed by atoms with E-state index in [4.69, 9.17) is 0 Å². The number of hydrogen-bond acceptors (Lipinski definition) is 3. The van der Waals surface area contributed by atoms with Gasteiger partial charge in [0.05, 0.1) is 5.56 Å². The van der Waals surface area contributed by atoms with E-state index in [2.05, 4.69) is 15.3 Å². The second kappa shape index (κ2) is 9.48. The van der Waals surface area contributed by atoms with Gasteiger partial charge in [0.15, 0.2) is 0 Å². The first-order chi connectivity index (χ1) is 15.9. The summed E-state index contributed by atoms with van der Waals surface area (Å²) in [6, 6.07) is 15.8. The SMILES string of the molecule is O=C(C=CC=C(c1ccc(C(F)(F)F)cc1)c1cccnc1)Nc1cccc2cnccc12. The Morgan fingerprint density at radius 3 is 2.36 bits per heavy atom. The minimum Gasteiger partial charge on any atom is -0.322 e. The van der Waals surface area contributed by atoms with E-state index in [1.165, 1.54) is 18.2 Å². The molecule has 0 saturated carbocycles. The van der Waals surface area contributed by atoms with Crippen LogP contribution in [0.1, 0.15) is 16.7 Å². The Morgan fingerprint density at radius 2 is 1.64 bits per heavy atom. The molecule has 0 bridgehead atoms. The predicted octanol–water partition coefficient (Wildman–Crippen LogP) is 6.28. The lowest BCUT2D eigenvalue weighted by atomic mass is 9.97. The maximum Gasteiger partial charge on any atom is 0.416 e. The number of benzene rings is 2. The number of anilines is 1. The average molecular weight is 445 g/mol. The van der Waals surface area contributed by atoms with Crippen molar-refractivity contribution in [3.63, 3.8) is 0 Å². The summed E-state index contributed by atoms with van der Waals surface area (Å²) in [5.41, 5.74) is 1.85. The third-order valence-corrected chi connectivity index (χ3v) is 4.94. The zero-order chi connectivity index (χ0) is 23.3. The van der Waals surface area contributed by atoms with Crippen molar-refractivity contribution in [3.05, 3.63) is 120 Å². The van der Waals surface area contributed by atoms with Crippen LogP contribution in [0.2, 0.25) is 0 Å². The zero-order valence-corrected chi connectivity index (χ0v) is 17.3. The lowest BCUT2D eigenvalue weighted by Crippen LogP contribution is -2.08. The monoisotopic (exact) mass is 445 g/mol. The summed E-state index contributed by atoms with van der Waals surface area (Å²) in [7, 11) is 0. The fourth-order valence-electron chi connectivity index (χ4n) is 3.36. The van der Waals surface area contributed by atoms with E-state index in [-0.39, 0.29) is 5.91 Å². The lowest BCUT2D eigenvalue weighted by Gasteiger charge is -2.10. The summed E-state index contributed by atoms with van der Waals surface area (Å²) in [5.74, 6) is -0.339. The Morgan fingerprint density at radius 1 is 0.848 bits per heavy atom. The van der Waals surface area contributed by atoms with Gasteiger partial charge in [-0.15, -0.1) is 0 Å². The number of halogens is 3. The molecule has 0 aliphatic carbocycles. The van der Waals surface area contributed by atoms with Crippen LogP contribution >= 0.6 is 0 Å². The van der Waals surface area contributed by atoms with Gasteiger partial charge in [-0.1, -0.05) is 42.5 Å². The van der Waals surface area contributed by atoms with E-state index >= 15 is 0 Å². The largest absolute Gasteiger partial charge is 0.416 e. The Hall–Kier alpha value is -4.26. The van der Waals surface area contributed by atoms with Crippen molar-refractivity contribution in [1.82, 2.24) is 9.97 Å². The van der Waals surface area contributed by atoms with Gasteiger partial charge in [-0.3, -0.25) is 14.8 Å². The molecule has 0 radical (unpaired) electrons. The second-order valence-corrected chi connectivity index (χ2v) is 7.15. The highest BCUT2D eigenvalue weighted by atomic mass is 19.4. The third-order valence-electron chi connectivity index (χ3n) is 4.94. The van der Waals surface area contributed by atoms with Crippen molar-refractivity contribution in [2.75, 3.05) is 5.32 Å². The number of carbonyl (C=O) groups is 1. The zero-order valence-electron chi connectivity index (χ0n) is 17.3. The first kappa shape index (κ1) is 22.0. The molecule has 2 heterocycles. The quantitative estimate of drug-likeness (QED) is 0.291. The van der Waals surface area contributed by atoms with Crippen LogP contribution in [-0.2, 0) is 11.0 Å². The molecule has 0 fully saturated rings. The van der Waals surface area contributed by atoms with Crippen LogP contribution < -0.4 is 5.32 Å². The van der Waals surface area contributed by atoms with Crippen molar-refractivity contribution in [1.29, 1.82) is 0 Å². The van der Waals surface area contributed by atoms with Crippen LogP contribution in [0.5, 0.6) is 0 Å². The highest BCUT2D eigenvalue weighted by Crippen LogP contribution is 2.31. The van der Waals surface area contributed by atoms with E-state index < -0.39 is 11.7 Å². The van der Waals surface area contributed by atoms with Gasteiger partial charge in [0.1, 0.15) is 0 Å². The number of nitrogens with one attached hydrogen (secondary N) is 1. The van der Waals surface area contributed by atoms with Crippen molar-refractivity contribution < 1.29 is 18.0 Å². The minimum absolute atomic E-state index is 0.339. The van der Waals surface area contributed by atoms with E-state index in [1.54, 1.807) is 55.1 Å². The molecular formula is C26H18F3N3O. The Kier molecular flexibility index (Phi) is 6.31. The Labute approximate surface area is 188 Å². The summed E-state index contributed by atoms with van der Waals surface area (Å²) < 4.78 is 38.8. The predicted molar refractivity (Wildman–Crippen MR) is 122 cm³/mol. The fraction of sp³-hybridized carbons (Fsp3) is 0.0385. The summed E-state index contributed by atoms with van der Waals surface area (Å²) in [6.07, 6.45) is 6.77. The van der Waals surface area contributed by atoms with Gasteiger partial charge in [0.2, 0.25) is 5.91 Å². The van der Waals surface area contributed by atoms with Crippen LogP contribution in [0, 0.1) is 0 Å². The number of alkyl halides is 3. The number of carbonyl (C=O) groups excluding carboxylic acids is 1. The van der Waals surface area contributed by atoms with Gasteiger partial charge in [-0.2, -0.15) is 13.2 Å². The number of rotatable bonds is 5. The van der Waals surface area contributed by atoms with Crippen LogP contribution in [0.3, 0.4) is 0 Å². The van der Waals surface area contributed by atoms with Gasteiger partial charge < -0.3 is 5.32 Å². The number of aromatic nitrogens is 2. The molecule has 4 aromatic rings. The number of allylic oxidation sites excluding steroid dienone is 2. The molecule has 0 unspecified atom stereocenters. The first-order valence-electron chi connectivity index (χ1n) is 10.0. The number of fused-ring (bicyclic) bond motifs is 1. The van der Waals surface area contributed by atoms with Crippen LogP contribution in [0.4, 0.5) is 18.9 Å². The molecule has 164 valence electrons. The molecule has 2 aromatic carbocycles. The number of pyridine rings is 2. The standard InChI is InChI=1S/C26H18F3N3O/c27-26(28,29)21-11-9-18(10-12-21)22(19-5-3-14-30-16-19)6-2-8-25(33)32-24-7-1-4-20-17-31-15-13-23(20)24/h1-17H,(H,32,33). The first-order valence-corrected chi connectivity index (χ1v) is 10.0. The molecule has 1 N–H and O–H groups in total. The topological polar surface area (TPSA) is 54.9 Å². The molecule has 4 rings (SSSR count). The van der Waals surface area contributed by atoms with Crippen molar-refractivity contribution in [3.8, 4) is 0 Å².